The van der Waals surface area contributed by atoms with E-state index in [0.29, 0.717) is 22.4 Å². The average molecular weight is 567 g/mol. The molecule has 0 spiro atoms. The smallest absolute Gasteiger partial charge is 0.212 e. The van der Waals surface area contributed by atoms with Gasteiger partial charge in [-0.05, 0) is 84.1 Å². The molecule has 3 heterocycles. The summed E-state index contributed by atoms with van der Waals surface area (Å²) in [5, 5.41) is 22.9. The van der Waals surface area contributed by atoms with Gasteiger partial charge in [0, 0.05) is 49.7 Å². The van der Waals surface area contributed by atoms with Gasteiger partial charge in [0.1, 0.15) is 7.05 Å². The molecule has 0 amide bonds. The zero-order valence-corrected chi connectivity index (χ0v) is 24.2. The first kappa shape index (κ1) is 18.4. The van der Waals surface area contributed by atoms with Crippen LogP contribution in [0.4, 0.5) is 0 Å². The average Bonchev–Trinajstić information content (AvgIpc) is 3.57. The Bertz CT molecular complexity index is 2610. The predicted octanol–water partition coefficient (Wildman–Crippen LogP) is 8.94. The molecule has 0 N–H and O–H groups in total. The van der Waals surface area contributed by atoms with Crippen LogP contribution in [0.15, 0.2) is 79.0 Å². The van der Waals surface area contributed by atoms with Gasteiger partial charge in [0.05, 0.1) is 41.2 Å². The minimum atomic E-state index is -2.81. The molecule has 4 heteroatoms. The molecule has 3 aromatic heterocycles. The normalized spacial score (nSPS) is 16.0. The Labute approximate surface area is 264 Å². The molecule has 0 radical (unpaired) electrons. The molecule has 43 heavy (non-hydrogen) atoms. The van der Waals surface area contributed by atoms with E-state index in [-0.39, 0.29) is 33.9 Å². The van der Waals surface area contributed by atoms with E-state index in [1.54, 1.807) is 50.6 Å². The molecule has 208 valence electrons. The number of hydrogen-bond donors (Lipinski definition) is 0. The van der Waals surface area contributed by atoms with Gasteiger partial charge in [-0.3, -0.25) is 0 Å². The van der Waals surface area contributed by atoms with Crippen molar-refractivity contribution in [2.45, 2.75) is 40.8 Å². The van der Waals surface area contributed by atoms with E-state index in [1.807, 2.05) is 36.4 Å². The van der Waals surface area contributed by atoms with Crippen LogP contribution in [0.25, 0.3) is 60.5 Å². The van der Waals surface area contributed by atoms with Crippen molar-refractivity contribution in [1.29, 1.82) is 10.5 Å². The summed E-state index contributed by atoms with van der Waals surface area (Å²) in [6.07, 6.45) is -0.556. The molecule has 0 fully saturated rings. The van der Waals surface area contributed by atoms with Crippen LogP contribution in [-0.2, 0) is 13.4 Å². The van der Waals surface area contributed by atoms with E-state index in [1.165, 1.54) is 18.3 Å². The van der Waals surface area contributed by atoms with Crippen molar-refractivity contribution in [1.82, 2.24) is 4.40 Å². The fourth-order valence-corrected chi connectivity index (χ4v) is 6.20. The Morgan fingerprint density at radius 1 is 0.814 bits per heavy atom. The van der Waals surface area contributed by atoms with E-state index in [9.17, 15) is 10.5 Å². The maximum absolute atomic E-state index is 9.72. The third kappa shape index (κ3) is 4.22. The number of rotatable bonds is 3. The summed E-state index contributed by atoms with van der Waals surface area (Å²) in [5.74, 6) is 0. The highest BCUT2D eigenvalue weighted by Crippen LogP contribution is 2.42. The first-order valence-electron chi connectivity index (χ1n) is 18.4. The van der Waals surface area contributed by atoms with Gasteiger partial charge < -0.3 is 4.40 Å². The Morgan fingerprint density at radius 3 is 2.00 bits per heavy atom. The number of nitriles is 2. The second-order valence-electron chi connectivity index (χ2n) is 12.1. The predicted molar refractivity (Wildman–Crippen MR) is 175 cm³/mol. The maximum Gasteiger partial charge on any atom is 0.212 e. The van der Waals surface area contributed by atoms with Gasteiger partial charge in [0.25, 0.3) is 0 Å². The number of benzene rings is 4. The Morgan fingerprint density at radius 2 is 1.44 bits per heavy atom. The minimum Gasteiger partial charge on any atom is -0.308 e. The minimum absolute atomic E-state index is 0.0275. The largest absolute Gasteiger partial charge is 0.308 e. The molecule has 0 aliphatic heterocycles. The van der Waals surface area contributed by atoms with Crippen LogP contribution in [0.5, 0.6) is 0 Å². The van der Waals surface area contributed by atoms with E-state index in [0.717, 1.165) is 38.1 Å². The lowest BCUT2D eigenvalue weighted by Crippen LogP contribution is -2.31. The highest BCUT2D eigenvalue weighted by molar-refractivity contribution is 6.24. The van der Waals surface area contributed by atoms with Crippen molar-refractivity contribution in [3.05, 3.63) is 107 Å². The van der Waals surface area contributed by atoms with Crippen LogP contribution in [0.2, 0.25) is 0 Å². The molecule has 7 rings (SSSR count). The lowest BCUT2D eigenvalue weighted by atomic mass is 9.86. The molecule has 0 atom stereocenters. The summed E-state index contributed by atoms with van der Waals surface area (Å²) in [4.78, 5) is 0. The Hall–Kier alpha value is -5.19. The molecule has 0 aliphatic rings. The molecule has 4 aromatic carbocycles. The van der Waals surface area contributed by atoms with Crippen molar-refractivity contribution in [2.24, 2.45) is 12.5 Å². The molecular formula is C39H33N4+. The van der Waals surface area contributed by atoms with E-state index < -0.39 is 25.5 Å². The third-order valence-corrected chi connectivity index (χ3v) is 7.95. The lowest BCUT2D eigenvalue weighted by Gasteiger charge is -2.19. The van der Waals surface area contributed by atoms with E-state index >= 15 is 0 Å². The van der Waals surface area contributed by atoms with Gasteiger partial charge in [-0.15, -0.1) is 0 Å². The second kappa shape index (κ2) is 9.41. The summed E-state index contributed by atoms with van der Waals surface area (Å²) in [7, 11) is 1.71. The fraction of sp³-hybridized carbons (Fsp3) is 0.205. The van der Waals surface area contributed by atoms with Gasteiger partial charge in [0.15, 0.2) is 6.20 Å². The number of aromatic nitrogens is 2. The van der Waals surface area contributed by atoms with Gasteiger partial charge in [-0.2, -0.15) is 10.5 Å². The molecule has 7 aromatic rings. The first-order chi connectivity index (χ1) is 24.2. The summed E-state index contributed by atoms with van der Waals surface area (Å²) in [6.45, 7) is -0.417. The van der Waals surface area contributed by atoms with Crippen LogP contribution >= 0.6 is 0 Å². The number of nitrogens with zero attached hydrogens (tertiary/aromatic N) is 4. The second-order valence-corrected chi connectivity index (χ2v) is 12.1. The third-order valence-electron chi connectivity index (χ3n) is 7.95. The molecule has 0 saturated carbocycles. The van der Waals surface area contributed by atoms with E-state index in [4.69, 9.17) is 12.3 Å². The van der Waals surface area contributed by atoms with Crippen LogP contribution < -0.4 is 4.57 Å². The van der Waals surface area contributed by atoms with Gasteiger partial charge in [0.2, 0.25) is 5.69 Å². The highest BCUT2D eigenvalue weighted by Gasteiger charge is 2.23. The molecule has 0 unspecified atom stereocenters. The molecule has 0 bridgehead atoms. The first-order valence-corrected chi connectivity index (χ1v) is 13.9. The maximum atomic E-state index is 9.72. The Balaban J connectivity index is 1.58. The zero-order valence-electron chi connectivity index (χ0n) is 33.2. The quantitative estimate of drug-likeness (QED) is 0.201. The topological polar surface area (TPSA) is 55.9 Å². The van der Waals surface area contributed by atoms with Crippen molar-refractivity contribution < 1.29 is 16.9 Å². The number of fused-ring (bicyclic) bond motifs is 6. The summed E-state index contributed by atoms with van der Waals surface area (Å²) in [6, 6.07) is 23.1. The molecule has 0 saturated heterocycles. The van der Waals surface area contributed by atoms with Crippen molar-refractivity contribution in [2.75, 3.05) is 0 Å². The number of aryl methyl sites for hydroxylation is 3. The summed E-state index contributed by atoms with van der Waals surface area (Å²) in [5.41, 5.74) is 3.26. The van der Waals surface area contributed by atoms with Crippen LogP contribution in [0.3, 0.4) is 0 Å². The summed E-state index contributed by atoms with van der Waals surface area (Å²) >= 11 is 0. The Kier molecular flexibility index (Phi) is 4.02. The van der Waals surface area contributed by atoms with Gasteiger partial charge >= 0.3 is 0 Å². The number of pyridine rings is 1. The lowest BCUT2D eigenvalue weighted by molar-refractivity contribution is -0.660. The monoisotopic (exact) mass is 566 g/mol. The standard InChI is InChI=1S/C39H33N4/c1-23-13-25(19-39(3,4)5)7-10-29(23)32-18-35(42(6)22-24(32)2)28-16-33-30-11-8-26(20-40)14-36(30)43-37-15-27(21-41)9-12-31(37)34(17-28)38(33)43/h7-18,22H,19H2,1-6H3/q+1/i1D3,2D3,10D,19D2. The van der Waals surface area contributed by atoms with Crippen LogP contribution in [-0.4, -0.2) is 4.40 Å². The van der Waals surface area contributed by atoms with Crippen molar-refractivity contribution >= 4 is 38.1 Å². The highest BCUT2D eigenvalue weighted by atomic mass is 14.9. The summed E-state index contributed by atoms with van der Waals surface area (Å²) < 4.78 is 81.3. The van der Waals surface area contributed by atoms with E-state index in [2.05, 4.69) is 16.5 Å². The molecule has 4 nitrogen and oxygen atoms in total. The van der Waals surface area contributed by atoms with Crippen molar-refractivity contribution in [3.63, 3.8) is 0 Å². The zero-order chi connectivity index (χ0) is 37.9. The SMILES string of the molecule is [2H]c1cc(C([2H])([2H])C(C)(C)C)cc(C([2H])([2H])[2H])c1-c1cc(-c2cc3c4ccc(C#N)cc4n4c5cc(C#N)ccc5c(c2)c34)[n+](C)cc1C([2H])([2H])[2H]. The van der Waals surface area contributed by atoms with Gasteiger partial charge in [-0.25, -0.2) is 4.57 Å². The molecular weight excluding hydrogens is 524 g/mol. The molecule has 0 aliphatic carbocycles. The van der Waals surface area contributed by atoms with Gasteiger partial charge in [-0.1, -0.05) is 51.1 Å². The van der Waals surface area contributed by atoms with Crippen LogP contribution in [0, 0.1) is 41.8 Å². The van der Waals surface area contributed by atoms with Crippen LogP contribution in [0.1, 0.15) is 60.9 Å². The fourth-order valence-electron chi connectivity index (χ4n) is 6.20. The van der Waals surface area contributed by atoms with Crippen molar-refractivity contribution in [3.8, 4) is 34.5 Å². The number of hydrogen-bond acceptors (Lipinski definition) is 2.